The highest BCUT2D eigenvalue weighted by atomic mass is 16.6. The standard InChI is InChI=1S/C7H14N2O2/c1-2-8-11-7-9-3-5-10-6-4-9/h2H,3-7H2,1H3. The maximum atomic E-state index is 5.17. The summed E-state index contributed by atoms with van der Waals surface area (Å²) in [5.41, 5.74) is 0. The van der Waals surface area contributed by atoms with E-state index in [4.69, 9.17) is 9.57 Å². The Morgan fingerprint density at radius 1 is 1.55 bits per heavy atom. The SMILES string of the molecule is CC=NOCN1CCOCC1. The van der Waals surface area contributed by atoms with Crippen molar-refractivity contribution in [1.29, 1.82) is 0 Å². The minimum atomic E-state index is 0.577. The fourth-order valence-electron chi connectivity index (χ4n) is 0.920. The molecular formula is C7H14N2O2. The quantitative estimate of drug-likeness (QED) is 0.437. The maximum absolute atomic E-state index is 5.17. The molecule has 0 aromatic rings. The van der Waals surface area contributed by atoms with Gasteiger partial charge in [0, 0.05) is 19.3 Å². The average Bonchev–Trinajstić information content (AvgIpc) is 2.07. The average molecular weight is 158 g/mol. The van der Waals surface area contributed by atoms with Gasteiger partial charge in [-0.1, -0.05) is 5.16 Å². The molecule has 1 aliphatic rings. The topological polar surface area (TPSA) is 34.1 Å². The second kappa shape index (κ2) is 5.09. The first-order valence-electron chi connectivity index (χ1n) is 3.83. The number of hydrogen-bond acceptors (Lipinski definition) is 4. The zero-order chi connectivity index (χ0) is 7.94. The van der Waals surface area contributed by atoms with E-state index in [9.17, 15) is 0 Å². The van der Waals surface area contributed by atoms with Crippen LogP contribution in [0, 0.1) is 0 Å². The van der Waals surface area contributed by atoms with Gasteiger partial charge in [0.2, 0.25) is 0 Å². The molecule has 1 aliphatic heterocycles. The van der Waals surface area contributed by atoms with Gasteiger partial charge in [0.05, 0.1) is 13.2 Å². The van der Waals surface area contributed by atoms with Crippen LogP contribution in [0.25, 0.3) is 0 Å². The Hall–Kier alpha value is -0.610. The summed E-state index contributed by atoms with van der Waals surface area (Å²) in [5.74, 6) is 0. The van der Waals surface area contributed by atoms with Crippen molar-refractivity contribution < 1.29 is 9.57 Å². The minimum Gasteiger partial charge on any atom is -0.380 e. The molecule has 4 heteroatoms. The van der Waals surface area contributed by atoms with E-state index in [1.165, 1.54) is 0 Å². The Morgan fingerprint density at radius 2 is 2.27 bits per heavy atom. The zero-order valence-corrected chi connectivity index (χ0v) is 6.82. The third-order valence-electron chi connectivity index (χ3n) is 1.52. The Labute approximate surface area is 66.8 Å². The highest BCUT2D eigenvalue weighted by molar-refractivity contribution is 5.52. The van der Waals surface area contributed by atoms with Crippen molar-refractivity contribution >= 4 is 6.21 Å². The predicted molar refractivity (Wildman–Crippen MR) is 42.5 cm³/mol. The van der Waals surface area contributed by atoms with Gasteiger partial charge in [-0.15, -0.1) is 0 Å². The molecule has 0 N–H and O–H groups in total. The van der Waals surface area contributed by atoms with E-state index < -0.39 is 0 Å². The van der Waals surface area contributed by atoms with Crippen LogP contribution in [-0.2, 0) is 9.57 Å². The van der Waals surface area contributed by atoms with Crippen molar-refractivity contribution in [3.8, 4) is 0 Å². The molecule has 4 nitrogen and oxygen atoms in total. The molecule has 0 aromatic heterocycles. The predicted octanol–water partition coefficient (Wildman–Crippen LogP) is 0.298. The van der Waals surface area contributed by atoms with Gasteiger partial charge in [0.15, 0.2) is 6.73 Å². The Balaban J connectivity index is 2.04. The first-order chi connectivity index (χ1) is 5.43. The van der Waals surface area contributed by atoms with Gasteiger partial charge in [0.1, 0.15) is 0 Å². The molecule has 0 atom stereocenters. The molecule has 64 valence electrons. The van der Waals surface area contributed by atoms with Gasteiger partial charge < -0.3 is 9.57 Å². The van der Waals surface area contributed by atoms with E-state index >= 15 is 0 Å². The van der Waals surface area contributed by atoms with Crippen LogP contribution in [0.3, 0.4) is 0 Å². The monoisotopic (exact) mass is 158 g/mol. The van der Waals surface area contributed by atoms with Crippen LogP contribution in [0.2, 0.25) is 0 Å². The van der Waals surface area contributed by atoms with Crippen LogP contribution < -0.4 is 0 Å². The lowest BCUT2D eigenvalue weighted by atomic mass is 10.5. The number of hydrogen-bond donors (Lipinski definition) is 0. The first-order valence-corrected chi connectivity index (χ1v) is 3.83. The molecule has 0 radical (unpaired) electrons. The zero-order valence-electron chi connectivity index (χ0n) is 6.82. The molecule has 0 aromatic carbocycles. The van der Waals surface area contributed by atoms with E-state index in [-0.39, 0.29) is 0 Å². The van der Waals surface area contributed by atoms with Crippen LogP contribution in [0.1, 0.15) is 6.92 Å². The second-order valence-corrected chi connectivity index (χ2v) is 2.35. The summed E-state index contributed by atoms with van der Waals surface area (Å²) < 4.78 is 5.17. The highest BCUT2D eigenvalue weighted by Crippen LogP contribution is 1.95. The molecule has 0 spiro atoms. The molecule has 0 saturated carbocycles. The second-order valence-electron chi connectivity index (χ2n) is 2.35. The van der Waals surface area contributed by atoms with Crippen LogP contribution in [0.5, 0.6) is 0 Å². The summed E-state index contributed by atoms with van der Waals surface area (Å²) in [7, 11) is 0. The first kappa shape index (κ1) is 8.49. The van der Waals surface area contributed by atoms with Gasteiger partial charge >= 0.3 is 0 Å². The van der Waals surface area contributed by atoms with Gasteiger partial charge in [-0.25, -0.2) is 0 Å². The van der Waals surface area contributed by atoms with Crippen LogP contribution in [0.15, 0.2) is 5.16 Å². The van der Waals surface area contributed by atoms with E-state index in [2.05, 4.69) is 10.1 Å². The lowest BCUT2D eigenvalue weighted by molar-refractivity contribution is -0.0310. The third kappa shape index (κ3) is 3.34. The number of ether oxygens (including phenoxy) is 1. The molecule has 11 heavy (non-hydrogen) atoms. The normalized spacial score (nSPS) is 20.8. The van der Waals surface area contributed by atoms with Gasteiger partial charge in [-0.2, -0.15) is 0 Å². The number of nitrogens with zero attached hydrogens (tertiary/aromatic N) is 2. The summed E-state index contributed by atoms with van der Waals surface area (Å²) in [6.45, 7) is 5.91. The van der Waals surface area contributed by atoms with Crippen molar-refractivity contribution in [3.63, 3.8) is 0 Å². The van der Waals surface area contributed by atoms with Crippen LogP contribution in [0.4, 0.5) is 0 Å². The minimum absolute atomic E-state index is 0.577. The number of oxime groups is 1. The molecule has 1 heterocycles. The smallest absolute Gasteiger partial charge is 0.171 e. The molecule has 0 bridgehead atoms. The van der Waals surface area contributed by atoms with E-state index in [1.54, 1.807) is 6.21 Å². The fourth-order valence-corrected chi connectivity index (χ4v) is 0.920. The van der Waals surface area contributed by atoms with E-state index in [1.807, 2.05) is 6.92 Å². The van der Waals surface area contributed by atoms with Crippen molar-refractivity contribution in [1.82, 2.24) is 4.90 Å². The Morgan fingerprint density at radius 3 is 2.91 bits per heavy atom. The Kier molecular flexibility index (Phi) is 3.93. The fraction of sp³-hybridized carbons (Fsp3) is 0.857. The van der Waals surface area contributed by atoms with Crippen LogP contribution >= 0.6 is 0 Å². The lowest BCUT2D eigenvalue weighted by Crippen LogP contribution is -2.37. The van der Waals surface area contributed by atoms with Crippen molar-refractivity contribution in [3.05, 3.63) is 0 Å². The van der Waals surface area contributed by atoms with Gasteiger partial charge in [-0.05, 0) is 6.92 Å². The summed E-state index contributed by atoms with van der Waals surface area (Å²) in [4.78, 5) is 7.13. The van der Waals surface area contributed by atoms with E-state index in [0.717, 1.165) is 26.3 Å². The van der Waals surface area contributed by atoms with E-state index in [0.29, 0.717) is 6.73 Å². The molecule has 0 amide bonds. The highest BCUT2D eigenvalue weighted by Gasteiger charge is 2.09. The van der Waals surface area contributed by atoms with Gasteiger partial charge in [-0.3, -0.25) is 4.90 Å². The summed E-state index contributed by atoms with van der Waals surface area (Å²) in [6, 6.07) is 0. The lowest BCUT2D eigenvalue weighted by Gasteiger charge is -2.24. The molecule has 1 fully saturated rings. The number of rotatable bonds is 3. The van der Waals surface area contributed by atoms with Crippen LogP contribution in [-0.4, -0.2) is 44.1 Å². The number of morpholine rings is 1. The third-order valence-corrected chi connectivity index (χ3v) is 1.52. The summed E-state index contributed by atoms with van der Waals surface area (Å²) >= 11 is 0. The van der Waals surface area contributed by atoms with Crippen molar-refractivity contribution in [2.75, 3.05) is 33.0 Å². The Bertz CT molecular complexity index is 122. The van der Waals surface area contributed by atoms with Crippen molar-refractivity contribution in [2.24, 2.45) is 5.16 Å². The molecular weight excluding hydrogens is 144 g/mol. The summed E-state index contributed by atoms with van der Waals surface area (Å²) in [6.07, 6.45) is 1.64. The maximum Gasteiger partial charge on any atom is 0.171 e. The molecule has 0 aliphatic carbocycles. The molecule has 1 saturated heterocycles. The largest absolute Gasteiger partial charge is 0.380 e. The van der Waals surface area contributed by atoms with Crippen molar-refractivity contribution in [2.45, 2.75) is 6.92 Å². The molecule has 1 rings (SSSR count). The molecule has 0 unspecified atom stereocenters. The summed E-state index contributed by atoms with van der Waals surface area (Å²) in [5, 5.41) is 3.66. The van der Waals surface area contributed by atoms with Gasteiger partial charge in [0.25, 0.3) is 0 Å².